The van der Waals surface area contributed by atoms with Crippen LogP contribution in [0.15, 0.2) is 48.5 Å². The molecule has 1 aliphatic heterocycles. The summed E-state index contributed by atoms with van der Waals surface area (Å²) in [5, 5.41) is 9.04. The monoisotopic (exact) mass is 263 g/mol. The molecule has 0 bridgehead atoms. The van der Waals surface area contributed by atoms with Crippen LogP contribution >= 0.6 is 0 Å². The molecule has 1 aliphatic rings. The fraction of sp³-hybridized carbons (Fsp3) is 0.176. The maximum absolute atomic E-state index is 9.04. The minimum Gasteiger partial charge on any atom is -0.486 e. The minimum atomic E-state index is 0.205. The summed E-state index contributed by atoms with van der Waals surface area (Å²) in [6.07, 6.45) is 2.09. The van der Waals surface area contributed by atoms with Gasteiger partial charge < -0.3 is 4.74 Å². The van der Waals surface area contributed by atoms with Crippen molar-refractivity contribution in [3.05, 3.63) is 59.7 Å². The lowest BCUT2D eigenvalue weighted by molar-refractivity contribution is -0.477. The van der Waals surface area contributed by atoms with Gasteiger partial charge in [0.05, 0.1) is 17.2 Å². The fourth-order valence-corrected chi connectivity index (χ4v) is 2.35. The molecule has 98 valence electrons. The molecule has 0 radical (unpaired) electrons. The molecule has 0 aromatic heterocycles. The van der Waals surface area contributed by atoms with Crippen LogP contribution in [-0.2, 0) is 0 Å². The van der Waals surface area contributed by atoms with Gasteiger partial charge in [-0.15, -0.1) is 0 Å². The third kappa shape index (κ3) is 2.28. The van der Waals surface area contributed by atoms with Gasteiger partial charge in [-0.25, -0.2) is 0 Å². The van der Waals surface area contributed by atoms with Gasteiger partial charge in [0.25, 0.3) is 0 Å². The molecule has 1 atom stereocenters. The molecular weight excluding hydrogens is 248 g/mol. The van der Waals surface area contributed by atoms with Crippen LogP contribution in [0.3, 0.4) is 0 Å². The van der Waals surface area contributed by atoms with Crippen molar-refractivity contribution in [1.82, 2.24) is 0 Å². The van der Waals surface area contributed by atoms with E-state index in [1.165, 1.54) is 0 Å². The average Bonchev–Trinajstić information content (AvgIpc) is 2.67. The lowest BCUT2D eigenvalue weighted by Crippen LogP contribution is -2.25. The van der Waals surface area contributed by atoms with Crippen molar-refractivity contribution in [2.75, 3.05) is 6.61 Å². The van der Waals surface area contributed by atoms with E-state index in [9.17, 15) is 0 Å². The Morgan fingerprint density at radius 1 is 1.20 bits per heavy atom. The van der Waals surface area contributed by atoms with Crippen molar-refractivity contribution in [3.63, 3.8) is 0 Å². The highest BCUT2D eigenvalue weighted by atomic mass is 16.5. The summed E-state index contributed by atoms with van der Waals surface area (Å²) in [4.78, 5) is 0. The van der Waals surface area contributed by atoms with Crippen LogP contribution in [0, 0.1) is 11.3 Å². The highest BCUT2D eigenvalue weighted by Gasteiger charge is 2.24. The predicted molar refractivity (Wildman–Crippen MR) is 77.6 cm³/mol. The van der Waals surface area contributed by atoms with Crippen LogP contribution in [0.4, 0.5) is 5.69 Å². The Morgan fingerprint density at radius 2 is 2.05 bits per heavy atom. The van der Waals surface area contributed by atoms with Crippen LogP contribution in [0.5, 0.6) is 5.75 Å². The maximum Gasteiger partial charge on any atom is 0.206 e. The van der Waals surface area contributed by atoms with E-state index in [1.807, 2.05) is 48.5 Å². The second kappa shape index (κ2) is 5.18. The van der Waals surface area contributed by atoms with Gasteiger partial charge >= 0.3 is 0 Å². The molecule has 3 heteroatoms. The number of benzene rings is 2. The Bertz CT molecular complexity index is 713. The van der Waals surface area contributed by atoms with Crippen LogP contribution in [0.1, 0.15) is 18.1 Å². The number of nitrogens with zero attached hydrogens (tertiary/aromatic N) is 2. The molecule has 3 rings (SSSR count). The number of nitriles is 1. The minimum absolute atomic E-state index is 0.205. The van der Waals surface area contributed by atoms with Gasteiger partial charge in [-0.2, -0.15) is 9.84 Å². The van der Waals surface area contributed by atoms with Gasteiger partial charge in [-0.3, -0.25) is 0 Å². The van der Waals surface area contributed by atoms with Gasteiger partial charge in [0.1, 0.15) is 12.4 Å². The maximum atomic E-state index is 9.04. The standard InChI is InChI=1S/C17H15N2O/c1-13-12-20-17-8-3-2-6-15(17)11-19(13)16-7-4-5-14(9-16)10-18/h2-9,11,13H,12H2,1H3/q+1. The van der Waals surface area contributed by atoms with E-state index in [1.54, 1.807) is 0 Å². The van der Waals surface area contributed by atoms with Crippen LogP contribution < -0.4 is 4.74 Å². The Balaban J connectivity index is 2.11. The van der Waals surface area contributed by atoms with E-state index in [0.717, 1.165) is 17.0 Å². The third-order valence-electron chi connectivity index (χ3n) is 3.43. The first kappa shape index (κ1) is 12.4. The number of para-hydroxylation sites is 1. The summed E-state index contributed by atoms with van der Waals surface area (Å²) in [7, 11) is 0. The number of fused-ring (bicyclic) bond motifs is 1. The van der Waals surface area contributed by atoms with Crippen LogP contribution in [-0.4, -0.2) is 23.4 Å². The third-order valence-corrected chi connectivity index (χ3v) is 3.43. The summed E-state index contributed by atoms with van der Waals surface area (Å²) in [6, 6.07) is 18.0. The number of ether oxygens (including phenoxy) is 1. The lowest BCUT2D eigenvalue weighted by Gasteiger charge is -2.09. The van der Waals surface area contributed by atoms with E-state index >= 15 is 0 Å². The Hall–Kier alpha value is -2.60. The van der Waals surface area contributed by atoms with Crippen molar-refractivity contribution < 1.29 is 9.31 Å². The number of rotatable bonds is 1. The molecule has 0 N–H and O–H groups in total. The van der Waals surface area contributed by atoms with E-state index in [-0.39, 0.29) is 6.04 Å². The molecule has 1 heterocycles. The molecule has 0 saturated heterocycles. The number of hydrogen-bond acceptors (Lipinski definition) is 2. The molecule has 0 fully saturated rings. The topological polar surface area (TPSA) is 36.0 Å². The van der Waals surface area contributed by atoms with Crippen molar-refractivity contribution in [2.24, 2.45) is 0 Å². The second-order valence-electron chi connectivity index (χ2n) is 4.90. The highest BCUT2D eigenvalue weighted by molar-refractivity contribution is 5.81. The Kier molecular flexibility index (Phi) is 3.22. The smallest absolute Gasteiger partial charge is 0.206 e. The zero-order chi connectivity index (χ0) is 13.9. The summed E-state index contributed by atoms with van der Waals surface area (Å²) < 4.78 is 7.99. The van der Waals surface area contributed by atoms with Crippen molar-refractivity contribution in [3.8, 4) is 11.8 Å². The molecule has 2 aromatic carbocycles. The molecule has 0 saturated carbocycles. The SMILES string of the molecule is CC1COc2ccccc2C=[N+]1c1cccc(C#N)c1. The van der Waals surface area contributed by atoms with Crippen molar-refractivity contribution >= 4 is 11.9 Å². The molecule has 0 spiro atoms. The lowest BCUT2D eigenvalue weighted by atomic mass is 10.2. The number of hydrogen-bond donors (Lipinski definition) is 0. The van der Waals surface area contributed by atoms with Crippen molar-refractivity contribution in [1.29, 1.82) is 5.26 Å². The first-order chi connectivity index (χ1) is 9.78. The zero-order valence-electron chi connectivity index (χ0n) is 11.3. The zero-order valence-corrected chi connectivity index (χ0v) is 11.3. The molecular formula is C17H15N2O+. The van der Waals surface area contributed by atoms with Gasteiger partial charge in [-0.05, 0) is 18.2 Å². The van der Waals surface area contributed by atoms with Gasteiger partial charge in [0, 0.05) is 19.1 Å². The van der Waals surface area contributed by atoms with E-state index in [4.69, 9.17) is 10.00 Å². The van der Waals surface area contributed by atoms with Gasteiger partial charge in [0.2, 0.25) is 5.69 Å². The first-order valence-corrected chi connectivity index (χ1v) is 6.63. The van der Waals surface area contributed by atoms with Crippen molar-refractivity contribution in [2.45, 2.75) is 13.0 Å². The average molecular weight is 263 g/mol. The van der Waals surface area contributed by atoms with Crippen LogP contribution in [0.2, 0.25) is 0 Å². The first-order valence-electron chi connectivity index (χ1n) is 6.63. The summed E-state index contributed by atoms with van der Waals surface area (Å²) in [5.41, 5.74) is 2.73. The summed E-state index contributed by atoms with van der Waals surface area (Å²) >= 11 is 0. The fourth-order valence-electron chi connectivity index (χ4n) is 2.35. The molecule has 1 unspecified atom stereocenters. The summed E-state index contributed by atoms with van der Waals surface area (Å²) in [6.45, 7) is 2.73. The van der Waals surface area contributed by atoms with Gasteiger partial charge in [0.15, 0.2) is 12.3 Å². The van der Waals surface area contributed by atoms with Gasteiger partial charge in [-0.1, -0.05) is 18.2 Å². The van der Waals surface area contributed by atoms with E-state index in [2.05, 4.69) is 23.8 Å². The van der Waals surface area contributed by atoms with E-state index in [0.29, 0.717) is 12.2 Å². The molecule has 3 nitrogen and oxygen atoms in total. The molecule has 2 aromatic rings. The molecule has 0 aliphatic carbocycles. The normalized spacial score (nSPS) is 17.2. The highest BCUT2D eigenvalue weighted by Crippen LogP contribution is 2.23. The molecule has 20 heavy (non-hydrogen) atoms. The second-order valence-corrected chi connectivity index (χ2v) is 4.90. The summed E-state index contributed by atoms with van der Waals surface area (Å²) in [5.74, 6) is 0.901. The van der Waals surface area contributed by atoms with E-state index < -0.39 is 0 Å². The molecule has 0 amide bonds. The Morgan fingerprint density at radius 3 is 2.90 bits per heavy atom. The Labute approximate surface area is 118 Å². The predicted octanol–water partition coefficient (Wildman–Crippen LogP) is 3.10. The quantitative estimate of drug-likeness (QED) is 0.741. The van der Waals surface area contributed by atoms with Crippen LogP contribution in [0.25, 0.3) is 0 Å². The largest absolute Gasteiger partial charge is 0.486 e.